The number of nitrogens with zero attached hydrogens (tertiary/aromatic N) is 1. The normalized spacial score (nSPS) is 0.400. The Labute approximate surface area is 85.7 Å². The summed E-state index contributed by atoms with van der Waals surface area (Å²) in [5, 5.41) is 0. The Morgan fingerprint density at radius 1 is 0.700 bits per heavy atom. The molecule has 0 saturated carbocycles. The van der Waals surface area contributed by atoms with E-state index in [1.807, 2.05) is 0 Å². The van der Waals surface area contributed by atoms with E-state index >= 15 is 0 Å². The molecule has 0 aromatic rings. The van der Waals surface area contributed by atoms with Gasteiger partial charge in [-0.3, -0.25) is 0 Å². The molecule has 0 spiro atoms. The Balaban J connectivity index is -0.000000000179. The third-order valence-corrected chi connectivity index (χ3v) is 0. The van der Waals surface area contributed by atoms with Crippen LogP contribution < -0.4 is 30.4 Å². The predicted octanol–water partition coefficient (Wildman–Crippen LogP) is -4.40. The molecule has 0 aliphatic heterocycles. The van der Waals surface area contributed by atoms with Gasteiger partial charge in [0.05, 0.1) is 0 Å². The van der Waals surface area contributed by atoms with E-state index in [-0.39, 0.29) is 75.0 Å². The number of nitroso groups, excluding NO2 is 1. The van der Waals surface area contributed by atoms with Crippen LogP contribution in [-0.4, -0.2) is 5.48 Å². The van der Waals surface area contributed by atoms with Crippen molar-refractivity contribution in [3.05, 3.63) is 29.5 Å². The number of hydrogen-bond donors (Lipinski definition) is 0. The van der Waals surface area contributed by atoms with E-state index in [1.165, 1.54) is 0 Å². The van der Waals surface area contributed by atoms with Crippen LogP contribution in [0.3, 0.4) is 0 Å². The van der Waals surface area contributed by atoms with Gasteiger partial charge in [-0.2, -0.15) is 0 Å². The van der Waals surface area contributed by atoms with Gasteiger partial charge >= 0.3 is 20.1 Å². The SMILES string of the molecule is O.[Cl-].[Cl-].[NH2-].[NH2-].[NH2-].[NH2-].[N]=O.[Tc+6]. The van der Waals surface area contributed by atoms with Crippen LogP contribution in [0, 0.1) is 4.91 Å². The molecule has 10 N–H and O–H groups in total. The first kappa shape index (κ1) is 371. The largest absolute Gasteiger partial charge is 6.00 e. The van der Waals surface area contributed by atoms with Crippen LogP contribution >= 0.6 is 0 Å². The van der Waals surface area contributed by atoms with Crippen molar-refractivity contribution in [2.24, 2.45) is 0 Å². The molecule has 0 fully saturated rings. The first-order chi connectivity index (χ1) is 1.00. The van der Waals surface area contributed by atoms with Gasteiger partial charge in [0.15, 0.2) is 0 Å². The number of nitrogens with two attached hydrogens (primary N) is 4. The summed E-state index contributed by atoms with van der Waals surface area (Å²) in [6.07, 6.45) is 0. The molecule has 0 aromatic carbocycles. The zero-order chi connectivity index (χ0) is 2.00. The topological polar surface area (TPSA) is 205 Å². The molecule has 2 radical (unpaired) electrons. The summed E-state index contributed by atoms with van der Waals surface area (Å²) in [6, 6.07) is 0. The monoisotopic (exact) mass is 279 g/mol. The van der Waals surface area contributed by atoms with Gasteiger partial charge in [-0.05, 0) is 0 Å². The van der Waals surface area contributed by atoms with Gasteiger partial charge < -0.3 is 54.9 Å². The van der Waals surface area contributed by atoms with Crippen LogP contribution in [0.25, 0.3) is 24.6 Å². The van der Waals surface area contributed by atoms with Crippen molar-refractivity contribution < 1.29 is 50.4 Å². The zero-order valence-electron chi connectivity index (χ0n) is 4.80. The third-order valence-electron chi connectivity index (χ3n) is 0. The molecule has 7 nitrogen and oxygen atoms in total. The molecule has 0 saturated heterocycles. The van der Waals surface area contributed by atoms with Crippen molar-refractivity contribution >= 4 is 0 Å². The van der Waals surface area contributed by atoms with Crippen LogP contribution in [0.5, 0.6) is 0 Å². The summed E-state index contributed by atoms with van der Waals surface area (Å²) in [5.74, 6) is 0. The molecule has 68 valence electrons. The average molecular weight is 281 g/mol. The van der Waals surface area contributed by atoms with Crippen molar-refractivity contribution in [1.29, 1.82) is 0 Å². The fourth-order valence-electron chi connectivity index (χ4n) is 0. The molecule has 0 heterocycles. The van der Waals surface area contributed by atoms with Gasteiger partial charge in [-0.15, -0.1) is 4.91 Å². The van der Waals surface area contributed by atoms with E-state index in [0.717, 1.165) is 0 Å². The van der Waals surface area contributed by atoms with Gasteiger partial charge in [0.2, 0.25) is 0 Å². The minimum absolute atomic E-state index is 0. The molecule has 0 amide bonds. The van der Waals surface area contributed by atoms with E-state index in [9.17, 15) is 0 Å². The minimum atomic E-state index is 0. The van der Waals surface area contributed by atoms with Gasteiger partial charge in [0.25, 0.3) is 0 Å². The van der Waals surface area contributed by atoms with E-state index in [4.69, 9.17) is 10.5 Å². The molecule has 10 heteroatoms. The van der Waals surface area contributed by atoms with Crippen LogP contribution in [0.4, 0.5) is 0 Å². The van der Waals surface area contributed by atoms with E-state index in [2.05, 4.69) is 0 Å². The molecule has 0 aliphatic carbocycles. The maximum atomic E-state index is 7.25. The standard InChI is InChI=1S/2ClH.NO.4H2N.H2O.Tc/c;;1-2;;;;;;/h2*1H;;5*1H2;/q;;;4*-1;;+6/p-2. The first-order valence-electron chi connectivity index (χ1n) is 0.183. The first-order valence-corrected chi connectivity index (χ1v) is 0.183. The average Bonchev–Trinajstić information content (AvgIpc) is 1.00. The predicted molar refractivity (Wildman–Crippen MR) is 30.3 cm³/mol. The van der Waals surface area contributed by atoms with Crippen LogP contribution in [-0.2, 0) is 20.1 Å². The Kier molecular flexibility index (Phi) is 67200. The summed E-state index contributed by atoms with van der Waals surface area (Å²) >= 11 is 0. The maximum absolute atomic E-state index is 7.25. The van der Waals surface area contributed by atoms with Crippen molar-refractivity contribution in [3.8, 4) is 0 Å². The molecule has 0 aliphatic rings. The van der Waals surface area contributed by atoms with Gasteiger partial charge in [-0.25, -0.2) is 0 Å². The van der Waals surface area contributed by atoms with Crippen LogP contribution in [0.1, 0.15) is 0 Å². The van der Waals surface area contributed by atoms with Crippen LogP contribution in [0.2, 0.25) is 0 Å². The Bertz CT molecular complexity index is 17.6. The fourth-order valence-corrected chi connectivity index (χ4v) is 0. The maximum Gasteiger partial charge on any atom is 6.00 e. The Morgan fingerprint density at radius 3 is 0.700 bits per heavy atom. The molecule has 0 atom stereocenters. The van der Waals surface area contributed by atoms with Gasteiger partial charge in [-0.1, -0.05) is 0 Å². The summed E-state index contributed by atoms with van der Waals surface area (Å²) in [6.45, 7) is 0. The molecule has 0 rings (SSSR count). The minimum Gasteiger partial charge on any atom is -1.00 e. The summed E-state index contributed by atoms with van der Waals surface area (Å²) in [5.41, 5.74) is 5.75. The number of halogens is 2. The van der Waals surface area contributed by atoms with E-state index in [1.54, 1.807) is 0 Å². The number of hydrogen-bond acceptors (Lipinski definition) is 1. The second kappa shape index (κ2) is 1810. The zero-order valence-corrected chi connectivity index (χ0v) is 8.17. The molecule has 0 aromatic heterocycles. The van der Waals surface area contributed by atoms with Crippen molar-refractivity contribution in [1.82, 2.24) is 5.59 Å². The quantitative estimate of drug-likeness (QED) is 0.423. The third kappa shape index (κ3) is 1270. The smallest absolute Gasteiger partial charge is 1.00 e. The number of rotatable bonds is 0. The molecule has 10 heavy (non-hydrogen) atoms. The van der Waals surface area contributed by atoms with Crippen molar-refractivity contribution in [2.75, 3.05) is 0 Å². The summed E-state index contributed by atoms with van der Waals surface area (Å²) in [7, 11) is 0. The Morgan fingerprint density at radius 2 is 0.700 bits per heavy atom. The van der Waals surface area contributed by atoms with Gasteiger partial charge in [0.1, 0.15) is 5.59 Å². The van der Waals surface area contributed by atoms with Gasteiger partial charge in [0, 0.05) is 0 Å². The molecular weight excluding hydrogens is 271 g/mol. The van der Waals surface area contributed by atoms with Crippen molar-refractivity contribution in [2.45, 2.75) is 0 Å². The summed E-state index contributed by atoms with van der Waals surface area (Å²) < 4.78 is 0. The molecule has 0 unspecified atom stereocenters. The summed E-state index contributed by atoms with van der Waals surface area (Å²) in [4.78, 5) is 7.25. The van der Waals surface area contributed by atoms with Crippen molar-refractivity contribution in [3.63, 3.8) is 0 Å². The second-order valence-electron chi connectivity index (χ2n) is 0. The van der Waals surface area contributed by atoms with Crippen LogP contribution in [0.15, 0.2) is 0 Å². The second-order valence-corrected chi connectivity index (χ2v) is 0. The Hall–Kier alpha value is 0.629. The van der Waals surface area contributed by atoms with E-state index < -0.39 is 0 Å². The van der Waals surface area contributed by atoms with E-state index in [0.29, 0.717) is 0 Å². The molecule has 0 bridgehead atoms. The molecular formula is H10Cl2N5O2Tc. The fraction of sp³-hybridized carbons (Fsp3) is 0.